The molecule has 3 nitrogen and oxygen atoms in total. The van der Waals surface area contributed by atoms with Gasteiger partial charge in [0.25, 0.3) is 0 Å². The van der Waals surface area contributed by atoms with Crippen molar-refractivity contribution in [3.63, 3.8) is 0 Å². The van der Waals surface area contributed by atoms with Crippen LogP contribution < -0.4 is 0 Å². The highest BCUT2D eigenvalue weighted by Crippen LogP contribution is 2.40. The Labute approximate surface area is 134 Å². The normalized spacial score (nSPS) is 11.7. The van der Waals surface area contributed by atoms with Crippen LogP contribution in [0.5, 0.6) is 0 Å². The van der Waals surface area contributed by atoms with Crippen LogP contribution in [0.3, 0.4) is 0 Å². The Hall–Kier alpha value is -2.08. The summed E-state index contributed by atoms with van der Waals surface area (Å²) in [6.07, 6.45) is -2.81. The molecule has 0 unspecified atom stereocenters. The van der Waals surface area contributed by atoms with Crippen LogP contribution in [-0.4, -0.2) is 27.0 Å². The van der Waals surface area contributed by atoms with E-state index in [4.69, 9.17) is 9.47 Å². The largest absolute Gasteiger partial charge is 0.497 e. The smallest absolute Gasteiger partial charge is 0.417 e. The summed E-state index contributed by atoms with van der Waals surface area (Å²) >= 11 is 0. The zero-order valence-corrected chi connectivity index (χ0v) is 13.5. The second-order valence-electron chi connectivity index (χ2n) is 4.77. The number of alkyl halides is 3. The van der Waals surface area contributed by atoms with Gasteiger partial charge in [-0.3, -0.25) is 4.99 Å². The third-order valence-corrected chi connectivity index (χ3v) is 3.25. The van der Waals surface area contributed by atoms with E-state index in [-0.39, 0.29) is 30.0 Å². The Morgan fingerprint density at radius 1 is 1.22 bits per heavy atom. The first-order chi connectivity index (χ1) is 10.8. The molecule has 0 amide bonds. The van der Waals surface area contributed by atoms with Gasteiger partial charge < -0.3 is 9.47 Å². The van der Waals surface area contributed by atoms with Gasteiger partial charge in [0, 0.05) is 18.9 Å². The molecule has 0 aromatic heterocycles. The maximum atomic E-state index is 13.4. The first-order valence-electron chi connectivity index (χ1n) is 6.90. The summed E-state index contributed by atoms with van der Waals surface area (Å²) in [6.45, 7) is 9.37. The van der Waals surface area contributed by atoms with Crippen LogP contribution in [0.15, 0.2) is 30.3 Å². The minimum Gasteiger partial charge on any atom is -0.497 e. The Kier molecular flexibility index (Phi) is 6.57. The molecule has 1 aromatic rings. The molecule has 0 radical (unpaired) electrons. The number of aliphatic imine (C=N–C) groups is 1. The van der Waals surface area contributed by atoms with Gasteiger partial charge in [0.15, 0.2) is 0 Å². The van der Waals surface area contributed by atoms with Crippen molar-refractivity contribution in [1.29, 1.82) is 0 Å². The molecule has 0 fully saturated rings. The lowest BCUT2D eigenvalue weighted by Crippen LogP contribution is -2.10. The molecule has 0 saturated carbocycles. The number of benzene rings is 1. The fourth-order valence-electron chi connectivity index (χ4n) is 2.05. The molecule has 0 saturated heterocycles. The van der Waals surface area contributed by atoms with Gasteiger partial charge in [-0.15, -0.1) is 0 Å². The van der Waals surface area contributed by atoms with Crippen molar-refractivity contribution in [2.24, 2.45) is 4.99 Å². The Balaban J connectivity index is 3.57. The van der Waals surface area contributed by atoms with Crippen molar-refractivity contribution in [3.05, 3.63) is 42.0 Å². The van der Waals surface area contributed by atoms with Crippen LogP contribution in [0, 0.1) is 0 Å². The van der Waals surface area contributed by atoms with Gasteiger partial charge in [-0.05, 0) is 36.6 Å². The lowest BCUT2D eigenvalue weighted by molar-refractivity contribution is -0.137. The van der Waals surface area contributed by atoms with Crippen molar-refractivity contribution in [2.75, 3.05) is 20.8 Å². The van der Waals surface area contributed by atoms with Gasteiger partial charge in [0.05, 0.1) is 25.0 Å². The third-order valence-electron chi connectivity index (χ3n) is 3.25. The molecule has 0 atom stereocenters. The van der Waals surface area contributed by atoms with Crippen LogP contribution >= 0.6 is 0 Å². The highest BCUT2D eigenvalue weighted by molar-refractivity contribution is 5.79. The van der Waals surface area contributed by atoms with Crippen molar-refractivity contribution in [1.82, 2.24) is 0 Å². The molecule has 6 heteroatoms. The monoisotopic (exact) mass is 327 g/mol. The Morgan fingerprint density at radius 2 is 1.87 bits per heavy atom. The van der Waals surface area contributed by atoms with Gasteiger partial charge >= 0.3 is 6.18 Å². The second kappa shape index (κ2) is 7.97. The van der Waals surface area contributed by atoms with E-state index >= 15 is 0 Å². The molecule has 126 valence electrons. The maximum Gasteiger partial charge on any atom is 0.417 e. The third kappa shape index (κ3) is 4.69. The molecular formula is C17H20F3NO2. The number of hydrogen-bond donors (Lipinski definition) is 0. The molecule has 0 aliphatic rings. The maximum absolute atomic E-state index is 13.4. The number of nitrogens with zero attached hydrogens (tertiary/aromatic N) is 1. The van der Waals surface area contributed by atoms with E-state index < -0.39 is 11.7 Å². The summed E-state index contributed by atoms with van der Waals surface area (Å²) < 4.78 is 50.1. The molecule has 1 rings (SSSR count). The summed E-state index contributed by atoms with van der Waals surface area (Å²) in [5.41, 5.74) is 0.0862. The number of halogens is 3. The zero-order chi connectivity index (χ0) is 17.6. The Bertz CT molecular complexity index is 619. The van der Waals surface area contributed by atoms with Crippen molar-refractivity contribution in [3.8, 4) is 0 Å². The predicted octanol–water partition coefficient (Wildman–Crippen LogP) is 5.09. The van der Waals surface area contributed by atoms with Gasteiger partial charge in [0.1, 0.15) is 5.76 Å². The van der Waals surface area contributed by atoms with Gasteiger partial charge in [-0.25, -0.2) is 0 Å². The topological polar surface area (TPSA) is 30.8 Å². The van der Waals surface area contributed by atoms with Crippen molar-refractivity contribution < 1.29 is 22.6 Å². The van der Waals surface area contributed by atoms with Crippen LogP contribution in [0.4, 0.5) is 18.9 Å². The summed E-state index contributed by atoms with van der Waals surface area (Å²) in [5.74, 6) is 0.236. The number of hydrogen-bond acceptors (Lipinski definition) is 3. The summed E-state index contributed by atoms with van der Waals surface area (Å²) in [4.78, 5) is 3.99. The SMILES string of the molecule is C=C(OC)c1cc(C(=C)CCOC)c(C(F)(F)F)cc1N=CC. The summed E-state index contributed by atoms with van der Waals surface area (Å²) in [7, 11) is 2.88. The van der Waals surface area contributed by atoms with E-state index in [0.29, 0.717) is 11.1 Å². The van der Waals surface area contributed by atoms with Crippen LogP contribution in [0.25, 0.3) is 11.3 Å². The minimum absolute atomic E-state index is 0.00203. The summed E-state index contributed by atoms with van der Waals surface area (Å²) in [5, 5.41) is 0. The van der Waals surface area contributed by atoms with Crippen LogP contribution in [-0.2, 0) is 15.7 Å². The second-order valence-corrected chi connectivity index (χ2v) is 4.77. The zero-order valence-electron chi connectivity index (χ0n) is 13.5. The molecular weight excluding hydrogens is 307 g/mol. The van der Waals surface area contributed by atoms with E-state index in [1.165, 1.54) is 26.5 Å². The standard InChI is InChI=1S/C17H20F3NO2/c1-6-21-16-10-15(17(18,19)20)13(11(2)7-8-22-4)9-14(16)12(3)23-5/h6,9-10H,2-3,7-8H2,1,4-5H3. The van der Waals surface area contributed by atoms with E-state index in [1.807, 2.05) is 0 Å². The van der Waals surface area contributed by atoms with Gasteiger partial charge in [-0.1, -0.05) is 13.2 Å². The lowest BCUT2D eigenvalue weighted by atomic mass is 9.94. The van der Waals surface area contributed by atoms with E-state index in [2.05, 4.69) is 18.2 Å². The highest BCUT2D eigenvalue weighted by Gasteiger charge is 2.35. The van der Waals surface area contributed by atoms with Gasteiger partial charge in [-0.2, -0.15) is 13.2 Å². The average molecular weight is 327 g/mol. The number of rotatable bonds is 7. The van der Waals surface area contributed by atoms with E-state index in [9.17, 15) is 13.2 Å². The Morgan fingerprint density at radius 3 is 2.35 bits per heavy atom. The number of methoxy groups -OCH3 is 2. The quantitative estimate of drug-likeness (QED) is 0.515. The fourth-order valence-corrected chi connectivity index (χ4v) is 2.05. The van der Waals surface area contributed by atoms with Crippen molar-refractivity contribution in [2.45, 2.75) is 19.5 Å². The highest BCUT2D eigenvalue weighted by atomic mass is 19.4. The molecule has 1 aromatic carbocycles. The van der Waals surface area contributed by atoms with Crippen LogP contribution in [0.2, 0.25) is 0 Å². The molecule has 0 spiro atoms. The fraction of sp³-hybridized carbons (Fsp3) is 0.353. The number of ether oxygens (including phenoxy) is 2. The predicted molar refractivity (Wildman–Crippen MR) is 86.8 cm³/mol. The molecule has 0 N–H and O–H groups in total. The average Bonchev–Trinajstić information content (AvgIpc) is 2.50. The first-order valence-corrected chi connectivity index (χ1v) is 6.90. The summed E-state index contributed by atoms with van der Waals surface area (Å²) in [6, 6.07) is 2.36. The first kappa shape index (κ1) is 19.0. The molecule has 0 heterocycles. The van der Waals surface area contributed by atoms with E-state index in [0.717, 1.165) is 6.07 Å². The molecule has 0 bridgehead atoms. The van der Waals surface area contributed by atoms with Crippen molar-refractivity contribution >= 4 is 23.2 Å². The molecule has 0 aliphatic heterocycles. The lowest BCUT2D eigenvalue weighted by Gasteiger charge is -2.18. The molecule has 23 heavy (non-hydrogen) atoms. The molecule has 0 aliphatic carbocycles. The van der Waals surface area contributed by atoms with Gasteiger partial charge in [0.2, 0.25) is 0 Å². The van der Waals surface area contributed by atoms with E-state index in [1.54, 1.807) is 6.92 Å². The van der Waals surface area contributed by atoms with Crippen LogP contribution in [0.1, 0.15) is 30.0 Å². The minimum atomic E-state index is -4.52.